The van der Waals surface area contributed by atoms with E-state index in [1.807, 2.05) is 12.1 Å². The number of rotatable bonds is 1. The van der Waals surface area contributed by atoms with Crippen molar-refractivity contribution >= 4 is 0 Å². The van der Waals surface area contributed by atoms with E-state index in [2.05, 4.69) is 18.3 Å². The van der Waals surface area contributed by atoms with Crippen LogP contribution in [0.1, 0.15) is 37.3 Å². The molecule has 3 rings (SSSR count). The zero-order chi connectivity index (χ0) is 11.2. The summed E-state index contributed by atoms with van der Waals surface area (Å²) in [5, 5.41) is 13.3. The highest BCUT2D eigenvalue weighted by Crippen LogP contribution is 2.45. The van der Waals surface area contributed by atoms with Crippen LogP contribution in [0, 0.1) is 0 Å². The third-order valence-corrected chi connectivity index (χ3v) is 4.48. The minimum absolute atomic E-state index is 0.322. The van der Waals surface area contributed by atoms with Crippen LogP contribution in [0.5, 0.6) is 5.75 Å². The van der Waals surface area contributed by atoms with Crippen molar-refractivity contribution in [2.45, 2.75) is 44.1 Å². The monoisotopic (exact) mass is 217 g/mol. The van der Waals surface area contributed by atoms with Crippen LogP contribution in [0.3, 0.4) is 0 Å². The Hall–Kier alpha value is -1.02. The largest absolute Gasteiger partial charge is 0.508 e. The number of aromatic hydroxyl groups is 1. The molecule has 2 bridgehead atoms. The number of piperidine rings is 1. The molecule has 1 saturated heterocycles. The van der Waals surface area contributed by atoms with E-state index in [4.69, 9.17) is 0 Å². The molecule has 86 valence electrons. The number of phenols is 1. The summed E-state index contributed by atoms with van der Waals surface area (Å²) in [5.74, 6) is 0.420. The van der Waals surface area contributed by atoms with Gasteiger partial charge in [0.2, 0.25) is 0 Å². The minimum atomic E-state index is 0.322. The van der Waals surface area contributed by atoms with Crippen LogP contribution in [0.15, 0.2) is 18.2 Å². The highest BCUT2D eigenvalue weighted by molar-refractivity contribution is 5.43. The van der Waals surface area contributed by atoms with Crippen LogP contribution >= 0.6 is 0 Å². The van der Waals surface area contributed by atoms with E-state index in [-0.39, 0.29) is 0 Å². The standard InChI is InChI=1S/C14H19NO/c1-2-14-5-6-15-11(9-14)7-10-3-4-12(16)8-13(10)14/h3-4,8,11,15-16H,2,5-7,9H2,1H3. The van der Waals surface area contributed by atoms with Crippen LogP contribution in [0.25, 0.3) is 0 Å². The first-order valence-corrected chi connectivity index (χ1v) is 6.29. The third-order valence-electron chi connectivity index (χ3n) is 4.48. The van der Waals surface area contributed by atoms with Crippen molar-refractivity contribution in [2.75, 3.05) is 6.54 Å². The van der Waals surface area contributed by atoms with Gasteiger partial charge in [0.15, 0.2) is 0 Å². The summed E-state index contributed by atoms with van der Waals surface area (Å²) in [6.45, 7) is 3.40. The van der Waals surface area contributed by atoms with E-state index in [1.54, 1.807) is 0 Å². The number of nitrogens with one attached hydrogen (secondary N) is 1. The molecule has 0 radical (unpaired) electrons. The van der Waals surface area contributed by atoms with Gasteiger partial charge in [-0.2, -0.15) is 0 Å². The molecule has 1 fully saturated rings. The van der Waals surface area contributed by atoms with Crippen molar-refractivity contribution in [3.8, 4) is 5.75 Å². The van der Waals surface area contributed by atoms with Gasteiger partial charge in [0.05, 0.1) is 0 Å². The Morgan fingerprint density at radius 2 is 2.38 bits per heavy atom. The summed E-state index contributed by atoms with van der Waals surface area (Å²) in [6, 6.07) is 6.57. The van der Waals surface area contributed by atoms with Crippen molar-refractivity contribution in [1.29, 1.82) is 0 Å². The van der Waals surface area contributed by atoms with Crippen molar-refractivity contribution in [1.82, 2.24) is 5.32 Å². The van der Waals surface area contributed by atoms with Crippen LogP contribution in [-0.2, 0) is 11.8 Å². The summed E-state index contributed by atoms with van der Waals surface area (Å²) in [5.41, 5.74) is 3.17. The molecule has 0 aromatic heterocycles. The lowest BCUT2D eigenvalue weighted by molar-refractivity contribution is 0.222. The molecule has 16 heavy (non-hydrogen) atoms. The van der Waals surface area contributed by atoms with Gasteiger partial charge in [-0.15, -0.1) is 0 Å². The van der Waals surface area contributed by atoms with Gasteiger partial charge in [-0.05, 0) is 60.9 Å². The number of hydrogen-bond donors (Lipinski definition) is 2. The average molecular weight is 217 g/mol. The predicted molar refractivity (Wildman–Crippen MR) is 64.8 cm³/mol. The van der Waals surface area contributed by atoms with Crippen molar-refractivity contribution < 1.29 is 5.11 Å². The first-order chi connectivity index (χ1) is 7.73. The molecule has 1 aromatic carbocycles. The smallest absolute Gasteiger partial charge is 0.115 e. The Morgan fingerprint density at radius 1 is 1.50 bits per heavy atom. The van der Waals surface area contributed by atoms with Gasteiger partial charge in [0.25, 0.3) is 0 Å². The summed E-state index contributed by atoms with van der Waals surface area (Å²) in [7, 11) is 0. The molecular formula is C14H19NO. The summed E-state index contributed by atoms with van der Waals surface area (Å²) >= 11 is 0. The number of phenolic OH excluding ortho intramolecular Hbond substituents is 1. The van der Waals surface area contributed by atoms with Crippen molar-refractivity contribution in [2.24, 2.45) is 0 Å². The maximum absolute atomic E-state index is 9.68. The number of benzene rings is 1. The maximum atomic E-state index is 9.68. The molecule has 2 atom stereocenters. The van der Waals surface area contributed by atoms with E-state index in [0.717, 1.165) is 13.0 Å². The Bertz CT molecular complexity index is 415. The number of hydrogen-bond acceptors (Lipinski definition) is 2. The Labute approximate surface area is 96.7 Å². The summed E-state index contributed by atoms with van der Waals surface area (Å²) < 4.78 is 0. The second kappa shape index (κ2) is 3.49. The Balaban J connectivity index is 2.14. The van der Waals surface area contributed by atoms with E-state index in [0.29, 0.717) is 17.2 Å². The Morgan fingerprint density at radius 3 is 3.19 bits per heavy atom. The molecule has 0 spiro atoms. The summed E-state index contributed by atoms with van der Waals surface area (Å²) in [4.78, 5) is 0. The minimum Gasteiger partial charge on any atom is -0.508 e. The topological polar surface area (TPSA) is 32.3 Å². The molecule has 2 heteroatoms. The SMILES string of the molecule is CCC12CCNC(Cc3ccc(O)cc31)C2. The molecule has 2 N–H and O–H groups in total. The first-order valence-electron chi connectivity index (χ1n) is 6.29. The van der Waals surface area contributed by atoms with Crippen LogP contribution < -0.4 is 5.32 Å². The molecule has 2 unspecified atom stereocenters. The van der Waals surface area contributed by atoms with Crippen LogP contribution in [-0.4, -0.2) is 17.7 Å². The molecule has 2 nitrogen and oxygen atoms in total. The fraction of sp³-hybridized carbons (Fsp3) is 0.571. The fourth-order valence-electron chi connectivity index (χ4n) is 3.56. The molecule has 0 amide bonds. The number of fused-ring (bicyclic) bond motifs is 4. The van der Waals surface area contributed by atoms with Crippen LogP contribution in [0.2, 0.25) is 0 Å². The van der Waals surface area contributed by atoms with E-state index >= 15 is 0 Å². The summed E-state index contributed by atoms with van der Waals surface area (Å²) in [6.07, 6.45) is 4.75. The molecule has 0 saturated carbocycles. The van der Waals surface area contributed by atoms with Crippen molar-refractivity contribution in [3.63, 3.8) is 0 Å². The van der Waals surface area contributed by atoms with Gasteiger partial charge < -0.3 is 10.4 Å². The van der Waals surface area contributed by atoms with Gasteiger partial charge >= 0.3 is 0 Å². The fourth-order valence-corrected chi connectivity index (χ4v) is 3.56. The molecule has 1 aromatic rings. The second-order valence-electron chi connectivity index (χ2n) is 5.28. The molecule has 1 aliphatic carbocycles. The highest BCUT2D eigenvalue weighted by atomic mass is 16.3. The predicted octanol–water partition coefficient (Wildman–Crippen LogP) is 2.35. The molecule has 1 aliphatic heterocycles. The third kappa shape index (κ3) is 1.36. The molecular weight excluding hydrogens is 198 g/mol. The van der Waals surface area contributed by atoms with Crippen molar-refractivity contribution in [3.05, 3.63) is 29.3 Å². The molecule has 1 heterocycles. The van der Waals surface area contributed by atoms with Gasteiger partial charge in [-0.1, -0.05) is 13.0 Å². The lowest BCUT2D eigenvalue weighted by Gasteiger charge is -2.46. The van der Waals surface area contributed by atoms with E-state index in [1.165, 1.54) is 30.4 Å². The lowest BCUT2D eigenvalue weighted by Crippen LogP contribution is -2.50. The second-order valence-corrected chi connectivity index (χ2v) is 5.28. The van der Waals surface area contributed by atoms with Gasteiger partial charge in [0.1, 0.15) is 5.75 Å². The highest BCUT2D eigenvalue weighted by Gasteiger charge is 2.41. The normalized spacial score (nSPS) is 32.2. The first kappa shape index (κ1) is 10.2. The van der Waals surface area contributed by atoms with Crippen LogP contribution in [0.4, 0.5) is 0 Å². The van der Waals surface area contributed by atoms with Gasteiger partial charge in [-0.25, -0.2) is 0 Å². The molecule has 2 aliphatic rings. The van der Waals surface area contributed by atoms with E-state index in [9.17, 15) is 5.11 Å². The quantitative estimate of drug-likeness (QED) is 0.757. The Kier molecular flexibility index (Phi) is 2.21. The average Bonchev–Trinajstić information content (AvgIpc) is 2.31. The van der Waals surface area contributed by atoms with Gasteiger partial charge in [0, 0.05) is 6.04 Å². The van der Waals surface area contributed by atoms with E-state index < -0.39 is 0 Å². The zero-order valence-electron chi connectivity index (χ0n) is 9.79. The lowest BCUT2D eigenvalue weighted by atomic mass is 9.63. The maximum Gasteiger partial charge on any atom is 0.115 e. The van der Waals surface area contributed by atoms with Gasteiger partial charge in [-0.3, -0.25) is 0 Å². The zero-order valence-corrected chi connectivity index (χ0v) is 9.79.